The van der Waals surface area contributed by atoms with Gasteiger partial charge in [-0.3, -0.25) is 0 Å². The van der Waals surface area contributed by atoms with Gasteiger partial charge in [-0.2, -0.15) is 5.26 Å². The van der Waals surface area contributed by atoms with Crippen molar-refractivity contribution in [1.82, 2.24) is 0 Å². The molecule has 1 saturated carbocycles. The van der Waals surface area contributed by atoms with E-state index >= 15 is 0 Å². The topological polar surface area (TPSA) is 50.1 Å². The molecule has 0 aromatic heterocycles. The molecule has 2 aromatic rings. The van der Waals surface area contributed by atoms with Crippen LogP contribution in [0.1, 0.15) is 73.4 Å². The highest BCUT2D eigenvalue weighted by Crippen LogP contribution is 2.34. The van der Waals surface area contributed by atoms with Crippen LogP contribution in [-0.2, 0) is 6.42 Å². The molecular formula is C25H27F2NO2. The zero-order valence-electron chi connectivity index (χ0n) is 17.3. The number of ether oxygens (including phenoxy) is 1. The van der Waals surface area contributed by atoms with Crippen LogP contribution >= 0.6 is 0 Å². The highest BCUT2D eigenvalue weighted by atomic mass is 19.1. The Morgan fingerprint density at radius 1 is 1.03 bits per heavy atom. The van der Waals surface area contributed by atoms with Gasteiger partial charge in [0.05, 0.1) is 11.1 Å². The first-order valence-corrected chi connectivity index (χ1v) is 10.7. The van der Waals surface area contributed by atoms with Gasteiger partial charge < -0.3 is 4.74 Å². The molecular weight excluding hydrogens is 384 g/mol. The highest BCUT2D eigenvalue weighted by molar-refractivity contribution is 5.91. The predicted molar refractivity (Wildman–Crippen MR) is 111 cm³/mol. The number of hydrogen-bond donors (Lipinski definition) is 0. The smallest absolute Gasteiger partial charge is 0.346 e. The second-order valence-electron chi connectivity index (χ2n) is 8.17. The van der Waals surface area contributed by atoms with E-state index in [9.17, 15) is 13.6 Å². The van der Waals surface area contributed by atoms with Crippen LogP contribution in [-0.4, -0.2) is 5.97 Å². The van der Waals surface area contributed by atoms with Crippen LogP contribution in [0.3, 0.4) is 0 Å². The van der Waals surface area contributed by atoms with Crippen LogP contribution in [0, 0.1) is 34.8 Å². The van der Waals surface area contributed by atoms with E-state index in [4.69, 9.17) is 10.00 Å². The van der Waals surface area contributed by atoms with Crippen molar-refractivity contribution in [3.8, 4) is 11.8 Å². The number of rotatable bonds is 7. The summed E-state index contributed by atoms with van der Waals surface area (Å²) in [6.07, 6.45) is 9.50. The fraction of sp³-hybridized carbons (Fsp3) is 0.440. The van der Waals surface area contributed by atoms with Crippen LogP contribution in [0.15, 0.2) is 36.4 Å². The number of carbonyl (C=O) groups excluding carboxylic acids is 1. The lowest BCUT2D eigenvalue weighted by Crippen LogP contribution is -2.15. The third-order valence-electron chi connectivity index (χ3n) is 6.03. The number of halogens is 2. The molecule has 2 aromatic carbocycles. The quantitative estimate of drug-likeness (QED) is 0.381. The molecule has 0 unspecified atom stereocenters. The molecule has 1 aliphatic carbocycles. The molecule has 158 valence electrons. The van der Waals surface area contributed by atoms with Crippen LogP contribution in [0.4, 0.5) is 8.78 Å². The van der Waals surface area contributed by atoms with E-state index in [0.717, 1.165) is 30.4 Å². The maximum atomic E-state index is 14.5. The van der Waals surface area contributed by atoms with Gasteiger partial charge in [0.25, 0.3) is 0 Å². The van der Waals surface area contributed by atoms with Gasteiger partial charge in [0.2, 0.25) is 0 Å². The summed E-state index contributed by atoms with van der Waals surface area (Å²) in [7, 11) is 0. The van der Waals surface area contributed by atoms with Gasteiger partial charge in [0, 0.05) is 6.07 Å². The molecule has 0 spiro atoms. The van der Waals surface area contributed by atoms with E-state index in [1.54, 1.807) is 12.1 Å². The minimum absolute atomic E-state index is 0.0707. The molecule has 0 amide bonds. The molecule has 0 bridgehead atoms. The molecule has 0 heterocycles. The maximum absolute atomic E-state index is 14.5. The third kappa shape index (κ3) is 5.66. The average Bonchev–Trinajstić information content (AvgIpc) is 2.73. The van der Waals surface area contributed by atoms with Crippen molar-refractivity contribution in [2.45, 2.75) is 58.3 Å². The first kappa shape index (κ1) is 22.0. The molecule has 5 heteroatoms. The maximum Gasteiger partial charge on any atom is 0.346 e. The van der Waals surface area contributed by atoms with Gasteiger partial charge in [-0.05, 0) is 54.5 Å². The van der Waals surface area contributed by atoms with Crippen molar-refractivity contribution in [2.24, 2.45) is 11.8 Å². The van der Waals surface area contributed by atoms with Gasteiger partial charge in [-0.25, -0.2) is 13.6 Å². The van der Waals surface area contributed by atoms with Crippen molar-refractivity contribution >= 4 is 5.97 Å². The Hall–Kier alpha value is -2.74. The molecule has 1 aliphatic rings. The summed E-state index contributed by atoms with van der Waals surface area (Å²) in [4.78, 5) is 12.3. The molecule has 0 N–H and O–H groups in total. The number of esters is 1. The summed E-state index contributed by atoms with van der Waals surface area (Å²) in [6, 6.07) is 9.72. The number of nitriles is 1. The standard InChI is InChI=1S/C25H27F2NO2/c1-2-3-17-4-6-18(7-5-17)8-9-19-10-13-22(24(27)14-19)25(29)30-21-12-11-20(16-28)23(26)15-21/h10-15,17-18H,2-9H2,1H3. The van der Waals surface area contributed by atoms with Crippen LogP contribution in [0.5, 0.6) is 5.75 Å². The van der Waals surface area contributed by atoms with E-state index in [1.165, 1.54) is 62.8 Å². The molecule has 0 radical (unpaired) electrons. The lowest BCUT2D eigenvalue weighted by Gasteiger charge is -2.28. The summed E-state index contributed by atoms with van der Waals surface area (Å²) >= 11 is 0. The number of aryl methyl sites for hydroxylation is 1. The monoisotopic (exact) mass is 411 g/mol. The van der Waals surface area contributed by atoms with Gasteiger partial charge in [0.1, 0.15) is 23.5 Å². The van der Waals surface area contributed by atoms with Crippen LogP contribution < -0.4 is 4.74 Å². The highest BCUT2D eigenvalue weighted by Gasteiger charge is 2.21. The third-order valence-corrected chi connectivity index (χ3v) is 6.03. The Labute approximate surface area is 176 Å². The van der Waals surface area contributed by atoms with Crippen molar-refractivity contribution < 1.29 is 18.3 Å². The van der Waals surface area contributed by atoms with E-state index in [0.29, 0.717) is 5.92 Å². The molecule has 3 nitrogen and oxygen atoms in total. The Morgan fingerprint density at radius 2 is 1.73 bits per heavy atom. The summed E-state index contributed by atoms with van der Waals surface area (Å²) in [5, 5.41) is 8.74. The number of benzene rings is 2. The molecule has 3 rings (SSSR count). The number of nitrogens with zero attached hydrogens (tertiary/aromatic N) is 1. The van der Waals surface area contributed by atoms with E-state index in [1.807, 2.05) is 0 Å². The molecule has 0 aliphatic heterocycles. The van der Waals surface area contributed by atoms with Gasteiger partial charge in [-0.15, -0.1) is 0 Å². The molecule has 1 fully saturated rings. The summed E-state index contributed by atoms with van der Waals surface area (Å²) in [6.45, 7) is 2.24. The van der Waals surface area contributed by atoms with Gasteiger partial charge >= 0.3 is 5.97 Å². The van der Waals surface area contributed by atoms with Crippen LogP contribution in [0.2, 0.25) is 0 Å². The van der Waals surface area contributed by atoms with E-state index in [-0.39, 0.29) is 16.9 Å². The fourth-order valence-electron chi connectivity index (χ4n) is 4.28. The lowest BCUT2D eigenvalue weighted by molar-refractivity contribution is 0.0729. The van der Waals surface area contributed by atoms with Crippen molar-refractivity contribution in [3.05, 3.63) is 64.7 Å². The van der Waals surface area contributed by atoms with Gasteiger partial charge in [-0.1, -0.05) is 51.5 Å². The minimum Gasteiger partial charge on any atom is -0.423 e. The Morgan fingerprint density at radius 3 is 2.33 bits per heavy atom. The summed E-state index contributed by atoms with van der Waals surface area (Å²) in [5.74, 6) is -0.827. The summed E-state index contributed by atoms with van der Waals surface area (Å²) < 4.78 is 33.2. The van der Waals surface area contributed by atoms with Crippen LogP contribution in [0.25, 0.3) is 0 Å². The number of carbonyl (C=O) groups is 1. The van der Waals surface area contributed by atoms with Gasteiger partial charge in [0.15, 0.2) is 0 Å². The fourth-order valence-corrected chi connectivity index (χ4v) is 4.28. The van der Waals surface area contributed by atoms with E-state index < -0.39 is 17.6 Å². The molecule has 30 heavy (non-hydrogen) atoms. The van der Waals surface area contributed by atoms with Crippen molar-refractivity contribution in [1.29, 1.82) is 5.26 Å². The summed E-state index contributed by atoms with van der Waals surface area (Å²) in [5.41, 5.74) is 0.525. The second kappa shape index (κ2) is 10.3. The Balaban J connectivity index is 1.55. The van der Waals surface area contributed by atoms with E-state index in [2.05, 4.69) is 6.92 Å². The zero-order chi connectivity index (χ0) is 21.5. The first-order chi connectivity index (χ1) is 14.5. The average molecular weight is 411 g/mol. The predicted octanol–water partition coefficient (Wildman–Crippen LogP) is 6.59. The Bertz CT molecular complexity index is 927. The Kier molecular flexibility index (Phi) is 7.57. The zero-order valence-corrected chi connectivity index (χ0v) is 17.3. The van der Waals surface area contributed by atoms with Crippen molar-refractivity contribution in [3.63, 3.8) is 0 Å². The number of hydrogen-bond acceptors (Lipinski definition) is 3. The first-order valence-electron chi connectivity index (χ1n) is 10.7. The lowest BCUT2D eigenvalue weighted by atomic mass is 9.78. The second-order valence-corrected chi connectivity index (χ2v) is 8.17. The normalized spacial score (nSPS) is 18.6. The molecule has 0 saturated heterocycles. The minimum atomic E-state index is -0.891. The molecule has 0 atom stereocenters. The van der Waals surface area contributed by atoms with Crippen molar-refractivity contribution in [2.75, 3.05) is 0 Å². The largest absolute Gasteiger partial charge is 0.423 e. The SMILES string of the molecule is CCCC1CCC(CCc2ccc(C(=O)Oc3ccc(C#N)c(F)c3)c(F)c2)CC1.